The van der Waals surface area contributed by atoms with Gasteiger partial charge in [-0.05, 0) is 37.3 Å². The largest absolute Gasteiger partial charge is 0.384 e. The van der Waals surface area contributed by atoms with Gasteiger partial charge in [0.15, 0.2) is 0 Å². The van der Waals surface area contributed by atoms with Gasteiger partial charge in [0.1, 0.15) is 0 Å². The van der Waals surface area contributed by atoms with Gasteiger partial charge < -0.3 is 5.32 Å². The molecule has 0 fully saturated rings. The van der Waals surface area contributed by atoms with Crippen molar-refractivity contribution < 1.29 is 0 Å². The molecule has 1 atom stereocenters. The van der Waals surface area contributed by atoms with Crippen molar-refractivity contribution in [2.45, 2.75) is 24.2 Å². The molecule has 96 valence electrons. The van der Waals surface area contributed by atoms with Gasteiger partial charge >= 0.3 is 0 Å². The first kappa shape index (κ1) is 13.3. The van der Waals surface area contributed by atoms with Crippen LogP contribution in [0.5, 0.6) is 0 Å². The molecule has 0 saturated heterocycles. The van der Waals surface area contributed by atoms with Gasteiger partial charge in [0.25, 0.3) is 0 Å². The van der Waals surface area contributed by atoms with Crippen LogP contribution >= 0.6 is 11.8 Å². The van der Waals surface area contributed by atoms with Gasteiger partial charge in [0.05, 0.1) is 0 Å². The minimum atomic E-state index is 0.785. The lowest BCUT2D eigenvalue weighted by Crippen LogP contribution is -2.15. The summed E-state index contributed by atoms with van der Waals surface area (Å²) in [5.41, 5.74) is 1.26. The van der Waals surface area contributed by atoms with E-state index >= 15 is 0 Å². The quantitative estimate of drug-likeness (QED) is 0.585. The Morgan fingerprint density at radius 3 is 3.00 bits per heavy atom. The van der Waals surface area contributed by atoms with Gasteiger partial charge in [0.2, 0.25) is 0 Å². The molecule has 0 radical (unpaired) electrons. The van der Waals surface area contributed by atoms with Crippen molar-refractivity contribution in [1.82, 2.24) is 0 Å². The first-order valence-corrected chi connectivity index (χ1v) is 7.60. The number of anilines is 1. The minimum absolute atomic E-state index is 0.785. The fraction of sp³-hybridized carbons (Fsp3) is 0.375. The molecule has 0 amide bonds. The van der Waals surface area contributed by atoms with E-state index in [0.29, 0.717) is 0 Å². The van der Waals surface area contributed by atoms with Gasteiger partial charge in [-0.1, -0.05) is 30.4 Å². The van der Waals surface area contributed by atoms with Crippen molar-refractivity contribution in [3.8, 4) is 0 Å². The van der Waals surface area contributed by atoms with Gasteiger partial charge in [-0.3, -0.25) is 0 Å². The molecule has 0 saturated carbocycles. The minimum Gasteiger partial charge on any atom is -0.384 e. The second-order valence-corrected chi connectivity index (χ2v) is 5.69. The highest BCUT2D eigenvalue weighted by Gasteiger charge is 2.10. The van der Waals surface area contributed by atoms with E-state index in [4.69, 9.17) is 0 Å². The topological polar surface area (TPSA) is 12.0 Å². The van der Waals surface area contributed by atoms with Crippen LogP contribution < -0.4 is 5.32 Å². The van der Waals surface area contributed by atoms with Crippen LogP contribution in [0.15, 0.2) is 54.0 Å². The van der Waals surface area contributed by atoms with Crippen LogP contribution in [0, 0.1) is 5.92 Å². The zero-order chi connectivity index (χ0) is 12.6. The second-order valence-electron chi connectivity index (χ2n) is 4.63. The average molecular weight is 259 g/mol. The molecule has 1 aliphatic rings. The van der Waals surface area contributed by atoms with Crippen LogP contribution in [0.3, 0.4) is 0 Å². The third-order valence-electron chi connectivity index (χ3n) is 3.20. The van der Waals surface area contributed by atoms with Crippen LogP contribution in [0.25, 0.3) is 0 Å². The number of hydrogen-bond acceptors (Lipinski definition) is 2. The van der Waals surface area contributed by atoms with Gasteiger partial charge in [0, 0.05) is 22.9 Å². The van der Waals surface area contributed by atoms with Crippen molar-refractivity contribution in [2.75, 3.05) is 17.6 Å². The summed E-state index contributed by atoms with van der Waals surface area (Å²) in [6.45, 7) is 4.86. The van der Waals surface area contributed by atoms with E-state index in [0.717, 1.165) is 18.2 Å². The zero-order valence-electron chi connectivity index (χ0n) is 10.8. The van der Waals surface area contributed by atoms with Gasteiger partial charge in [-0.25, -0.2) is 0 Å². The van der Waals surface area contributed by atoms with Crippen molar-refractivity contribution in [2.24, 2.45) is 5.92 Å². The van der Waals surface area contributed by atoms with E-state index in [2.05, 4.69) is 48.3 Å². The number of nitrogens with one attached hydrogen (secondary N) is 1. The highest BCUT2D eigenvalue weighted by atomic mass is 32.2. The predicted octanol–water partition coefficient (Wildman–Crippen LogP) is 4.73. The summed E-state index contributed by atoms with van der Waals surface area (Å²) in [4.78, 5) is 1.32. The molecule has 1 aromatic carbocycles. The zero-order valence-corrected chi connectivity index (χ0v) is 11.6. The third-order valence-corrected chi connectivity index (χ3v) is 4.27. The van der Waals surface area contributed by atoms with Gasteiger partial charge in [-0.15, -0.1) is 18.3 Å². The summed E-state index contributed by atoms with van der Waals surface area (Å²) in [5.74, 6) is 1.75. The molecule has 2 rings (SSSR count). The summed E-state index contributed by atoms with van der Waals surface area (Å²) >= 11 is 1.84. The molecule has 1 aliphatic carbocycles. The summed E-state index contributed by atoms with van der Waals surface area (Å²) in [7, 11) is 0. The lowest BCUT2D eigenvalue weighted by atomic mass is 9.94. The Bertz CT molecular complexity index is 411. The monoisotopic (exact) mass is 259 g/mol. The summed E-state index contributed by atoms with van der Waals surface area (Å²) in [6.07, 6.45) is 10.3. The maximum absolute atomic E-state index is 3.78. The maximum atomic E-state index is 3.78. The van der Waals surface area contributed by atoms with E-state index in [9.17, 15) is 0 Å². The fourth-order valence-corrected chi connectivity index (χ4v) is 2.95. The molecular weight excluding hydrogens is 238 g/mol. The Balaban J connectivity index is 1.91. The fourth-order valence-electron chi connectivity index (χ4n) is 2.18. The molecule has 0 spiro atoms. The van der Waals surface area contributed by atoms with Crippen LogP contribution in [-0.2, 0) is 0 Å². The molecule has 0 aromatic heterocycles. The van der Waals surface area contributed by atoms with Crippen molar-refractivity contribution in [1.29, 1.82) is 0 Å². The van der Waals surface area contributed by atoms with E-state index in [1.54, 1.807) is 0 Å². The van der Waals surface area contributed by atoms with E-state index in [-0.39, 0.29) is 0 Å². The normalized spacial score (nSPS) is 18.6. The molecule has 1 N–H and O–H groups in total. The molecule has 2 heteroatoms. The number of rotatable bonds is 6. The third kappa shape index (κ3) is 3.95. The Morgan fingerprint density at radius 1 is 1.33 bits per heavy atom. The number of para-hydroxylation sites is 1. The SMILES string of the molecule is C=CCSc1ccccc1NCC1CC=CCC1. The molecule has 0 heterocycles. The summed E-state index contributed by atoms with van der Waals surface area (Å²) in [6, 6.07) is 8.54. The van der Waals surface area contributed by atoms with E-state index < -0.39 is 0 Å². The predicted molar refractivity (Wildman–Crippen MR) is 82.3 cm³/mol. The van der Waals surface area contributed by atoms with Crippen molar-refractivity contribution in [3.63, 3.8) is 0 Å². The Hall–Kier alpha value is -1.15. The molecule has 0 bridgehead atoms. The first-order valence-electron chi connectivity index (χ1n) is 6.61. The summed E-state index contributed by atoms with van der Waals surface area (Å²) < 4.78 is 0. The lowest BCUT2D eigenvalue weighted by Gasteiger charge is -2.20. The van der Waals surface area contributed by atoms with Crippen molar-refractivity contribution in [3.05, 3.63) is 49.1 Å². The highest BCUT2D eigenvalue weighted by Crippen LogP contribution is 2.28. The standard InChI is InChI=1S/C16H21NS/c1-2-12-18-16-11-7-6-10-15(16)17-13-14-8-4-3-5-9-14/h2-4,6-7,10-11,14,17H,1,5,8-9,12-13H2. The lowest BCUT2D eigenvalue weighted by molar-refractivity contribution is 0.504. The van der Waals surface area contributed by atoms with Crippen LogP contribution in [0.1, 0.15) is 19.3 Å². The Morgan fingerprint density at radius 2 is 2.22 bits per heavy atom. The molecule has 1 aromatic rings. The molecule has 0 aliphatic heterocycles. The van der Waals surface area contributed by atoms with E-state index in [1.165, 1.54) is 29.8 Å². The van der Waals surface area contributed by atoms with Gasteiger partial charge in [-0.2, -0.15) is 0 Å². The molecule has 1 nitrogen and oxygen atoms in total. The number of hydrogen-bond donors (Lipinski definition) is 1. The average Bonchev–Trinajstić information content (AvgIpc) is 2.45. The first-order chi connectivity index (χ1) is 8.90. The van der Waals surface area contributed by atoms with Crippen LogP contribution in [0.4, 0.5) is 5.69 Å². The highest BCUT2D eigenvalue weighted by molar-refractivity contribution is 7.99. The molecule has 1 unspecified atom stereocenters. The maximum Gasteiger partial charge on any atom is 0.0478 e. The van der Waals surface area contributed by atoms with Crippen LogP contribution in [-0.4, -0.2) is 12.3 Å². The number of benzene rings is 1. The molecule has 18 heavy (non-hydrogen) atoms. The second kappa shape index (κ2) is 7.32. The van der Waals surface area contributed by atoms with E-state index in [1.807, 2.05) is 17.8 Å². The Labute approximate surface area is 114 Å². The van der Waals surface area contributed by atoms with Crippen molar-refractivity contribution >= 4 is 17.4 Å². The van der Waals surface area contributed by atoms with Crippen LogP contribution in [0.2, 0.25) is 0 Å². The molecular formula is C16H21NS. The number of allylic oxidation sites excluding steroid dienone is 2. The smallest absolute Gasteiger partial charge is 0.0478 e. The number of thioether (sulfide) groups is 1. The Kier molecular flexibility index (Phi) is 5.40. The summed E-state index contributed by atoms with van der Waals surface area (Å²) in [5, 5.41) is 3.60.